The Kier molecular flexibility index (Phi) is 2.44. The molecule has 84 valence electrons. The summed E-state index contributed by atoms with van der Waals surface area (Å²) in [6.45, 7) is 11.2. The highest BCUT2D eigenvalue weighted by atomic mass is 16.5. The molecule has 1 aliphatic carbocycles. The van der Waals surface area contributed by atoms with Gasteiger partial charge in [0.1, 0.15) is 6.10 Å². The zero-order valence-electron chi connectivity index (χ0n) is 10.6. The van der Waals surface area contributed by atoms with Gasteiger partial charge in [-0.25, -0.2) is 0 Å². The van der Waals surface area contributed by atoms with Gasteiger partial charge in [-0.15, -0.1) is 0 Å². The quantitative estimate of drug-likeness (QED) is 0.577. The lowest BCUT2D eigenvalue weighted by molar-refractivity contribution is 0.138. The summed E-state index contributed by atoms with van der Waals surface area (Å²) in [5.41, 5.74) is 4.99. The molecule has 1 aliphatic heterocycles. The van der Waals surface area contributed by atoms with Crippen molar-refractivity contribution in [3.8, 4) is 0 Å². The second-order valence-electron chi connectivity index (χ2n) is 5.79. The summed E-state index contributed by atoms with van der Waals surface area (Å²) in [5, 5.41) is 0. The smallest absolute Gasteiger partial charge is 0.117 e. The maximum absolute atomic E-state index is 5.86. The fourth-order valence-electron chi connectivity index (χ4n) is 2.76. The van der Waals surface area contributed by atoms with Crippen molar-refractivity contribution in [2.45, 2.75) is 60.0 Å². The van der Waals surface area contributed by atoms with Crippen molar-refractivity contribution in [3.05, 3.63) is 22.5 Å². The Balaban J connectivity index is 2.41. The monoisotopic (exact) mass is 206 g/mol. The van der Waals surface area contributed by atoms with Gasteiger partial charge in [0.05, 0.1) is 5.76 Å². The summed E-state index contributed by atoms with van der Waals surface area (Å²) in [5.74, 6) is 1.12. The molecule has 0 saturated carbocycles. The van der Waals surface area contributed by atoms with Gasteiger partial charge >= 0.3 is 0 Å². The lowest BCUT2D eigenvalue weighted by atomic mass is 9.71. The van der Waals surface area contributed by atoms with Gasteiger partial charge in [-0.05, 0) is 62.2 Å². The van der Waals surface area contributed by atoms with E-state index < -0.39 is 0 Å². The van der Waals surface area contributed by atoms with Crippen LogP contribution >= 0.6 is 0 Å². The number of allylic oxidation sites excluding steroid dienone is 3. The normalized spacial score (nSPS) is 30.1. The Morgan fingerprint density at radius 2 is 1.93 bits per heavy atom. The molecule has 1 nitrogen and oxygen atoms in total. The fourth-order valence-corrected chi connectivity index (χ4v) is 2.76. The van der Waals surface area contributed by atoms with E-state index in [2.05, 4.69) is 34.6 Å². The summed E-state index contributed by atoms with van der Waals surface area (Å²) in [4.78, 5) is 0. The molecular weight excluding hydrogens is 184 g/mol. The minimum Gasteiger partial charge on any atom is -0.491 e. The highest BCUT2D eigenvalue weighted by Crippen LogP contribution is 2.45. The van der Waals surface area contributed by atoms with Crippen molar-refractivity contribution in [2.24, 2.45) is 5.41 Å². The van der Waals surface area contributed by atoms with Crippen molar-refractivity contribution in [2.75, 3.05) is 0 Å². The van der Waals surface area contributed by atoms with Crippen LogP contribution in [0, 0.1) is 5.41 Å². The zero-order chi connectivity index (χ0) is 11.2. The average Bonchev–Trinajstić information content (AvgIpc) is 2.13. The minimum absolute atomic E-state index is 0.305. The van der Waals surface area contributed by atoms with Crippen molar-refractivity contribution < 1.29 is 4.74 Å². The molecule has 0 radical (unpaired) electrons. The van der Waals surface area contributed by atoms with E-state index >= 15 is 0 Å². The predicted octanol–water partition coefficient (Wildman–Crippen LogP) is 4.21. The Morgan fingerprint density at radius 1 is 1.27 bits per heavy atom. The van der Waals surface area contributed by atoms with E-state index in [0.29, 0.717) is 11.5 Å². The highest BCUT2D eigenvalue weighted by Gasteiger charge is 2.33. The van der Waals surface area contributed by atoms with E-state index in [1.807, 2.05) is 0 Å². The van der Waals surface area contributed by atoms with Crippen molar-refractivity contribution in [3.63, 3.8) is 0 Å². The van der Waals surface area contributed by atoms with Gasteiger partial charge < -0.3 is 4.74 Å². The zero-order valence-corrected chi connectivity index (χ0v) is 10.6. The third-order valence-corrected chi connectivity index (χ3v) is 3.94. The van der Waals surface area contributed by atoms with Crippen molar-refractivity contribution in [1.82, 2.24) is 0 Å². The molecular formula is C14H22O. The first-order valence-corrected chi connectivity index (χ1v) is 5.97. The number of hydrogen-bond donors (Lipinski definition) is 0. The average molecular weight is 206 g/mol. The van der Waals surface area contributed by atoms with Crippen LogP contribution in [0.2, 0.25) is 0 Å². The van der Waals surface area contributed by atoms with Crippen LogP contribution in [0.25, 0.3) is 0 Å². The third-order valence-electron chi connectivity index (χ3n) is 3.94. The van der Waals surface area contributed by atoms with Gasteiger partial charge in [0.2, 0.25) is 0 Å². The van der Waals surface area contributed by atoms with Gasteiger partial charge in [-0.1, -0.05) is 13.8 Å². The maximum atomic E-state index is 5.86. The largest absolute Gasteiger partial charge is 0.491 e. The molecule has 1 atom stereocenters. The molecule has 0 N–H and O–H groups in total. The Morgan fingerprint density at radius 3 is 2.60 bits per heavy atom. The van der Waals surface area contributed by atoms with Crippen LogP contribution in [0.15, 0.2) is 22.5 Å². The fraction of sp³-hybridized carbons (Fsp3) is 0.714. The molecule has 0 spiro atoms. The van der Waals surface area contributed by atoms with Crippen LogP contribution in [0.5, 0.6) is 0 Å². The van der Waals surface area contributed by atoms with E-state index in [1.54, 1.807) is 11.1 Å². The molecule has 1 unspecified atom stereocenters. The summed E-state index contributed by atoms with van der Waals surface area (Å²) in [6, 6.07) is 0. The van der Waals surface area contributed by atoms with Gasteiger partial charge in [0.25, 0.3) is 0 Å². The number of ether oxygens (including phenoxy) is 1. The van der Waals surface area contributed by atoms with Crippen LogP contribution in [0.4, 0.5) is 0 Å². The van der Waals surface area contributed by atoms with Crippen LogP contribution in [0.3, 0.4) is 0 Å². The summed E-state index contributed by atoms with van der Waals surface area (Å²) in [6.07, 6.45) is 4.04. The minimum atomic E-state index is 0.305. The molecule has 0 aromatic rings. The van der Waals surface area contributed by atoms with E-state index in [0.717, 1.165) is 5.76 Å². The standard InChI is InChI=1S/C14H22O/c1-9-10(2)15-11(3)12-6-7-14(4,5)8-13(9)12/h11H,6-8H2,1-5H3. The second kappa shape index (κ2) is 3.40. The molecule has 0 fully saturated rings. The van der Waals surface area contributed by atoms with Crippen LogP contribution in [0.1, 0.15) is 53.9 Å². The van der Waals surface area contributed by atoms with E-state index in [-0.39, 0.29) is 0 Å². The third kappa shape index (κ3) is 1.84. The maximum Gasteiger partial charge on any atom is 0.117 e. The first-order chi connectivity index (χ1) is 6.91. The molecule has 15 heavy (non-hydrogen) atoms. The Hall–Kier alpha value is -0.720. The first-order valence-electron chi connectivity index (χ1n) is 5.97. The molecule has 1 heteroatoms. The second-order valence-corrected chi connectivity index (χ2v) is 5.79. The van der Waals surface area contributed by atoms with Crippen molar-refractivity contribution in [1.29, 1.82) is 0 Å². The molecule has 0 amide bonds. The lowest BCUT2D eigenvalue weighted by Crippen LogP contribution is -2.27. The topological polar surface area (TPSA) is 9.23 Å². The van der Waals surface area contributed by atoms with Crippen LogP contribution < -0.4 is 0 Å². The molecule has 2 rings (SSSR count). The Labute approximate surface area is 93.2 Å². The van der Waals surface area contributed by atoms with Gasteiger partial charge in [-0.2, -0.15) is 0 Å². The molecule has 0 bridgehead atoms. The molecule has 0 aromatic heterocycles. The van der Waals surface area contributed by atoms with E-state index in [9.17, 15) is 0 Å². The van der Waals surface area contributed by atoms with Gasteiger partial charge in [0.15, 0.2) is 0 Å². The number of rotatable bonds is 0. The van der Waals surface area contributed by atoms with Crippen LogP contribution in [-0.2, 0) is 4.74 Å². The van der Waals surface area contributed by atoms with E-state index in [1.165, 1.54) is 24.8 Å². The molecule has 1 heterocycles. The summed E-state index contributed by atoms with van der Waals surface area (Å²) >= 11 is 0. The highest BCUT2D eigenvalue weighted by molar-refractivity contribution is 5.42. The van der Waals surface area contributed by atoms with Crippen molar-refractivity contribution >= 4 is 0 Å². The van der Waals surface area contributed by atoms with Gasteiger partial charge in [0, 0.05) is 0 Å². The van der Waals surface area contributed by atoms with E-state index in [4.69, 9.17) is 4.74 Å². The summed E-state index contributed by atoms with van der Waals surface area (Å²) < 4.78 is 5.86. The van der Waals surface area contributed by atoms with Crippen LogP contribution in [-0.4, -0.2) is 6.10 Å². The molecule has 2 aliphatic rings. The Bertz CT molecular complexity index is 344. The SMILES string of the molecule is CC1=C(C)C2=C(CCC(C)(C)C2)C(C)O1. The number of hydrogen-bond acceptors (Lipinski definition) is 1. The van der Waals surface area contributed by atoms with Gasteiger partial charge in [-0.3, -0.25) is 0 Å². The predicted molar refractivity (Wildman–Crippen MR) is 63.6 cm³/mol. The first kappa shape index (κ1) is 10.8. The molecule has 0 aromatic carbocycles. The summed E-state index contributed by atoms with van der Waals surface area (Å²) in [7, 11) is 0. The molecule has 0 saturated heterocycles. The lowest BCUT2D eigenvalue weighted by Gasteiger charge is -2.39.